The minimum atomic E-state index is 0.744. The molecule has 1 aromatic rings. The molecule has 1 heterocycles. The fraction of sp³-hybridized carbons (Fsp3) is 0.733. The second-order valence-corrected chi connectivity index (χ2v) is 5.77. The molecule has 4 heteroatoms. The zero-order chi connectivity index (χ0) is 13.1. The predicted molar refractivity (Wildman–Crippen MR) is 73.9 cm³/mol. The van der Waals surface area contributed by atoms with Crippen molar-refractivity contribution in [3.8, 4) is 0 Å². The van der Waals surface area contributed by atoms with Gasteiger partial charge in [-0.3, -0.25) is 4.90 Å². The van der Waals surface area contributed by atoms with Crippen molar-refractivity contribution in [2.45, 2.75) is 50.9 Å². The molecule has 0 aromatic carbocycles. The average Bonchev–Trinajstić information content (AvgIpc) is 3.32. The molecular formula is C15H24N2O2. The van der Waals surface area contributed by atoms with E-state index in [0.29, 0.717) is 0 Å². The Bertz CT molecular complexity index is 397. The molecule has 3 rings (SSSR count). The van der Waals surface area contributed by atoms with Gasteiger partial charge in [0.1, 0.15) is 5.76 Å². The molecule has 2 aliphatic carbocycles. The van der Waals surface area contributed by atoms with Crippen LogP contribution < -0.4 is 5.32 Å². The lowest BCUT2D eigenvalue weighted by Crippen LogP contribution is -2.28. The summed E-state index contributed by atoms with van der Waals surface area (Å²) in [7, 11) is 1.76. The van der Waals surface area contributed by atoms with Gasteiger partial charge in [-0.05, 0) is 31.7 Å². The van der Waals surface area contributed by atoms with Crippen molar-refractivity contribution in [3.05, 3.63) is 23.7 Å². The van der Waals surface area contributed by atoms with E-state index in [1.54, 1.807) is 7.11 Å². The molecule has 2 saturated carbocycles. The topological polar surface area (TPSA) is 37.6 Å². The first-order valence-corrected chi connectivity index (χ1v) is 7.38. The van der Waals surface area contributed by atoms with Gasteiger partial charge in [-0.15, -0.1) is 0 Å². The fourth-order valence-electron chi connectivity index (χ4n) is 2.39. The third kappa shape index (κ3) is 4.06. The van der Waals surface area contributed by atoms with Gasteiger partial charge in [-0.25, -0.2) is 0 Å². The van der Waals surface area contributed by atoms with E-state index in [2.05, 4.69) is 16.3 Å². The summed E-state index contributed by atoms with van der Waals surface area (Å²) in [5.41, 5.74) is 1.27. The Balaban J connectivity index is 1.49. The average molecular weight is 264 g/mol. The minimum Gasteiger partial charge on any atom is -0.468 e. The second kappa shape index (κ2) is 6.07. The summed E-state index contributed by atoms with van der Waals surface area (Å²) in [5.74, 6) is 1.08. The Labute approximate surface area is 115 Å². The van der Waals surface area contributed by atoms with Gasteiger partial charge >= 0.3 is 0 Å². The van der Waals surface area contributed by atoms with Crippen LogP contribution in [0.15, 0.2) is 16.7 Å². The maximum atomic E-state index is 5.68. The molecule has 0 atom stereocenters. The highest BCUT2D eigenvalue weighted by molar-refractivity contribution is 5.13. The predicted octanol–water partition coefficient (Wildman–Crippen LogP) is 2.14. The first kappa shape index (κ1) is 13.2. The second-order valence-electron chi connectivity index (χ2n) is 5.77. The molecule has 2 aliphatic rings. The van der Waals surface area contributed by atoms with Gasteiger partial charge in [-0.1, -0.05) is 0 Å². The monoisotopic (exact) mass is 264 g/mol. The molecule has 0 aliphatic heterocycles. The van der Waals surface area contributed by atoms with E-state index in [9.17, 15) is 0 Å². The number of nitrogens with zero attached hydrogens (tertiary/aromatic N) is 1. The van der Waals surface area contributed by atoms with E-state index in [-0.39, 0.29) is 0 Å². The van der Waals surface area contributed by atoms with Crippen molar-refractivity contribution in [2.24, 2.45) is 0 Å². The Morgan fingerprint density at radius 3 is 2.89 bits per heavy atom. The van der Waals surface area contributed by atoms with Crippen LogP contribution in [-0.4, -0.2) is 37.2 Å². The number of hydrogen-bond acceptors (Lipinski definition) is 4. The molecule has 106 valence electrons. The quantitative estimate of drug-likeness (QED) is 0.741. The number of hydrogen-bond donors (Lipinski definition) is 1. The lowest BCUT2D eigenvalue weighted by molar-refractivity contribution is 0.134. The van der Waals surface area contributed by atoms with Crippen LogP contribution in [-0.2, 0) is 17.8 Å². The summed E-state index contributed by atoms with van der Waals surface area (Å²) in [5, 5.41) is 3.52. The van der Waals surface area contributed by atoms with Gasteiger partial charge in [-0.2, -0.15) is 0 Å². The number of rotatable bonds is 9. The van der Waals surface area contributed by atoms with Crippen LogP contribution in [0.1, 0.15) is 37.0 Å². The Morgan fingerprint density at radius 1 is 1.37 bits per heavy atom. The number of furan rings is 1. The lowest BCUT2D eigenvalue weighted by atomic mass is 10.3. The van der Waals surface area contributed by atoms with Crippen molar-refractivity contribution in [1.82, 2.24) is 10.2 Å². The Morgan fingerprint density at radius 2 is 2.21 bits per heavy atom. The van der Waals surface area contributed by atoms with Crippen LogP contribution in [0.4, 0.5) is 0 Å². The highest BCUT2D eigenvalue weighted by Crippen LogP contribution is 2.28. The van der Waals surface area contributed by atoms with Crippen molar-refractivity contribution >= 4 is 0 Å². The molecule has 0 saturated heterocycles. The summed E-state index contributed by atoms with van der Waals surface area (Å²) in [4.78, 5) is 2.47. The van der Waals surface area contributed by atoms with E-state index >= 15 is 0 Å². The maximum absolute atomic E-state index is 5.68. The van der Waals surface area contributed by atoms with Gasteiger partial charge in [0.2, 0.25) is 0 Å². The minimum absolute atomic E-state index is 0.744. The van der Waals surface area contributed by atoms with E-state index in [1.807, 2.05) is 6.26 Å². The third-order valence-corrected chi connectivity index (χ3v) is 3.89. The molecule has 2 fully saturated rings. The lowest BCUT2D eigenvalue weighted by Gasteiger charge is -2.19. The number of ether oxygens (including phenoxy) is 1. The molecule has 0 unspecified atom stereocenters. The van der Waals surface area contributed by atoms with Crippen LogP contribution in [0.2, 0.25) is 0 Å². The smallest absolute Gasteiger partial charge is 0.118 e. The molecule has 1 aromatic heterocycles. The zero-order valence-electron chi connectivity index (χ0n) is 11.7. The Hall–Kier alpha value is -0.840. The van der Waals surface area contributed by atoms with Gasteiger partial charge in [0.05, 0.1) is 19.4 Å². The fourth-order valence-corrected chi connectivity index (χ4v) is 2.39. The summed E-state index contributed by atoms with van der Waals surface area (Å²) in [6.07, 6.45) is 7.20. The van der Waals surface area contributed by atoms with Gasteiger partial charge in [0.25, 0.3) is 0 Å². The normalized spacial score (nSPS) is 19.3. The van der Waals surface area contributed by atoms with Crippen LogP contribution >= 0.6 is 0 Å². The molecule has 0 bridgehead atoms. The summed E-state index contributed by atoms with van der Waals surface area (Å²) in [6.45, 7) is 3.65. The number of nitrogens with one attached hydrogen (secondary N) is 1. The van der Waals surface area contributed by atoms with Crippen LogP contribution in [0.3, 0.4) is 0 Å². The van der Waals surface area contributed by atoms with E-state index < -0.39 is 0 Å². The highest BCUT2D eigenvalue weighted by Gasteiger charge is 2.29. The SMILES string of the molecule is COCCN(Cc1cc(CNC2CC2)co1)C1CC1. The van der Waals surface area contributed by atoms with Gasteiger partial charge in [0.15, 0.2) is 0 Å². The molecule has 0 spiro atoms. The summed E-state index contributed by atoms with van der Waals surface area (Å²) in [6, 6.07) is 3.69. The van der Waals surface area contributed by atoms with Crippen molar-refractivity contribution < 1.29 is 9.15 Å². The molecule has 0 amide bonds. The molecule has 0 radical (unpaired) electrons. The van der Waals surface area contributed by atoms with Crippen molar-refractivity contribution in [2.75, 3.05) is 20.3 Å². The molecule has 1 N–H and O–H groups in total. The van der Waals surface area contributed by atoms with E-state index in [1.165, 1.54) is 31.2 Å². The Kier molecular flexibility index (Phi) is 4.21. The third-order valence-electron chi connectivity index (χ3n) is 3.89. The van der Waals surface area contributed by atoms with E-state index in [0.717, 1.165) is 44.1 Å². The van der Waals surface area contributed by atoms with Crippen LogP contribution in [0, 0.1) is 0 Å². The van der Waals surface area contributed by atoms with Gasteiger partial charge < -0.3 is 14.5 Å². The number of methoxy groups -OCH3 is 1. The van der Waals surface area contributed by atoms with Crippen molar-refractivity contribution in [1.29, 1.82) is 0 Å². The van der Waals surface area contributed by atoms with Crippen LogP contribution in [0.5, 0.6) is 0 Å². The van der Waals surface area contributed by atoms with Crippen molar-refractivity contribution in [3.63, 3.8) is 0 Å². The summed E-state index contributed by atoms with van der Waals surface area (Å²) >= 11 is 0. The summed E-state index contributed by atoms with van der Waals surface area (Å²) < 4.78 is 10.9. The highest BCUT2D eigenvalue weighted by atomic mass is 16.5. The maximum Gasteiger partial charge on any atom is 0.118 e. The zero-order valence-corrected chi connectivity index (χ0v) is 11.7. The standard InChI is InChI=1S/C15H24N2O2/c1-18-7-6-17(14-4-5-14)10-15-8-12(11-19-15)9-16-13-2-3-13/h8,11,13-14,16H,2-7,9-10H2,1H3. The van der Waals surface area contributed by atoms with Crippen LogP contribution in [0.25, 0.3) is 0 Å². The largest absolute Gasteiger partial charge is 0.468 e. The molecule has 4 nitrogen and oxygen atoms in total. The molecule has 19 heavy (non-hydrogen) atoms. The first-order valence-electron chi connectivity index (χ1n) is 7.38. The first-order chi connectivity index (χ1) is 9.35. The molecular weight excluding hydrogens is 240 g/mol. The van der Waals surface area contributed by atoms with E-state index in [4.69, 9.17) is 9.15 Å². The van der Waals surface area contributed by atoms with Gasteiger partial charge in [0, 0.05) is 37.8 Å².